The van der Waals surface area contributed by atoms with Crippen LogP contribution in [0.4, 0.5) is 5.69 Å². The van der Waals surface area contributed by atoms with Crippen molar-refractivity contribution in [3.05, 3.63) is 28.3 Å². The lowest BCUT2D eigenvalue weighted by Gasteiger charge is -2.23. The first-order valence-electron chi connectivity index (χ1n) is 7.87. The Hall–Kier alpha value is -1.11. The normalized spacial score (nSPS) is 19.0. The van der Waals surface area contributed by atoms with E-state index < -0.39 is 16.1 Å². The zero-order valence-electron chi connectivity index (χ0n) is 13.7. The highest BCUT2D eigenvalue weighted by Crippen LogP contribution is 2.30. The van der Waals surface area contributed by atoms with Crippen LogP contribution >= 0.6 is 11.6 Å². The van der Waals surface area contributed by atoms with Crippen LogP contribution < -0.4 is 5.32 Å². The van der Waals surface area contributed by atoms with Gasteiger partial charge in [-0.2, -0.15) is 4.31 Å². The average Bonchev–Trinajstić information content (AvgIpc) is 2.97. The Labute approximate surface area is 143 Å². The molecule has 1 aromatic carbocycles. The molecule has 5 nitrogen and oxygen atoms in total. The Balaban J connectivity index is 2.32. The summed E-state index contributed by atoms with van der Waals surface area (Å²) in [7, 11) is -3.38. The fourth-order valence-electron chi connectivity index (χ4n) is 3.07. The summed E-state index contributed by atoms with van der Waals surface area (Å²) < 4.78 is 24.9. The smallest absolute Gasteiger partial charge is 0.242 e. The Morgan fingerprint density at radius 1 is 1.35 bits per heavy atom. The lowest BCUT2D eigenvalue weighted by Crippen LogP contribution is -2.42. The fourth-order valence-corrected chi connectivity index (χ4v) is 4.49. The lowest BCUT2D eigenvalue weighted by atomic mass is 10.0. The maximum absolute atomic E-state index is 12.7. The molecule has 1 amide bonds. The molecule has 1 aliphatic rings. The molecule has 1 atom stereocenters. The average molecular weight is 359 g/mol. The Bertz CT molecular complexity index is 704. The van der Waals surface area contributed by atoms with E-state index in [0.717, 1.165) is 29.5 Å². The number of sulfonamides is 1. The van der Waals surface area contributed by atoms with Gasteiger partial charge in [-0.05, 0) is 42.9 Å². The Kier molecular flexibility index (Phi) is 5.70. The van der Waals surface area contributed by atoms with Gasteiger partial charge in [0, 0.05) is 17.3 Å². The van der Waals surface area contributed by atoms with E-state index >= 15 is 0 Å². The second-order valence-corrected chi connectivity index (χ2v) is 8.13. The van der Waals surface area contributed by atoms with Gasteiger partial charge in [0.25, 0.3) is 0 Å². The molecule has 1 N–H and O–H groups in total. The minimum atomic E-state index is -3.38. The third kappa shape index (κ3) is 3.87. The molecule has 0 aliphatic carbocycles. The van der Waals surface area contributed by atoms with Gasteiger partial charge in [0.2, 0.25) is 15.9 Å². The Morgan fingerprint density at radius 3 is 2.61 bits per heavy atom. The van der Waals surface area contributed by atoms with E-state index in [1.165, 1.54) is 4.31 Å². The fraction of sp³-hybridized carbons (Fsp3) is 0.562. The van der Waals surface area contributed by atoms with Crippen molar-refractivity contribution in [3.8, 4) is 0 Å². The van der Waals surface area contributed by atoms with Gasteiger partial charge in [-0.15, -0.1) is 0 Å². The summed E-state index contributed by atoms with van der Waals surface area (Å²) in [6.07, 6.45) is 3.85. The quantitative estimate of drug-likeness (QED) is 0.880. The summed E-state index contributed by atoms with van der Waals surface area (Å²) in [4.78, 5) is 12.7. The van der Waals surface area contributed by atoms with Gasteiger partial charge in [0.1, 0.15) is 6.04 Å². The zero-order chi connectivity index (χ0) is 17.2. The van der Waals surface area contributed by atoms with Crippen LogP contribution in [0.5, 0.6) is 0 Å². The van der Waals surface area contributed by atoms with E-state index in [-0.39, 0.29) is 5.91 Å². The second kappa shape index (κ2) is 7.20. The van der Waals surface area contributed by atoms with Crippen molar-refractivity contribution in [2.75, 3.05) is 18.1 Å². The molecule has 0 bridgehead atoms. The highest BCUT2D eigenvalue weighted by atomic mass is 35.5. The summed E-state index contributed by atoms with van der Waals surface area (Å²) >= 11 is 6.25. The maximum Gasteiger partial charge on any atom is 0.242 e. The van der Waals surface area contributed by atoms with Crippen LogP contribution in [0, 0.1) is 0 Å². The van der Waals surface area contributed by atoms with Gasteiger partial charge >= 0.3 is 0 Å². The van der Waals surface area contributed by atoms with Crippen molar-refractivity contribution < 1.29 is 13.2 Å². The first-order valence-corrected chi connectivity index (χ1v) is 10.1. The van der Waals surface area contributed by atoms with Gasteiger partial charge in [-0.1, -0.05) is 31.5 Å². The first-order chi connectivity index (χ1) is 10.8. The van der Waals surface area contributed by atoms with E-state index in [2.05, 4.69) is 5.32 Å². The molecule has 2 rings (SSSR count). The molecule has 0 saturated carbocycles. The van der Waals surface area contributed by atoms with E-state index in [1.807, 2.05) is 26.0 Å². The molecule has 1 aromatic rings. The molecule has 1 heterocycles. The van der Waals surface area contributed by atoms with Gasteiger partial charge < -0.3 is 5.32 Å². The molecule has 1 saturated heterocycles. The van der Waals surface area contributed by atoms with Crippen molar-refractivity contribution in [1.82, 2.24) is 4.31 Å². The summed E-state index contributed by atoms with van der Waals surface area (Å²) in [6.45, 7) is 4.39. The van der Waals surface area contributed by atoms with Crippen LogP contribution in [-0.2, 0) is 27.7 Å². The van der Waals surface area contributed by atoms with Crippen molar-refractivity contribution >= 4 is 33.2 Å². The Morgan fingerprint density at radius 2 is 2.04 bits per heavy atom. The highest BCUT2D eigenvalue weighted by Gasteiger charge is 2.36. The molecule has 0 aromatic heterocycles. The molecule has 128 valence electrons. The third-order valence-electron chi connectivity index (χ3n) is 4.26. The third-order valence-corrected chi connectivity index (χ3v) is 5.90. The topological polar surface area (TPSA) is 66.5 Å². The van der Waals surface area contributed by atoms with Crippen LogP contribution in [0.15, 0.2) is 12.1 Å². The van der Waals surface area contributed by atoms with E-state index in [9.17, 15) is 13.2 Å². The molecule has 1 aliphatic heterocycles. The first kappa shape index (κ1) is 18.2. The predicted molar refractivity (Wildman–Crippen MR) is 93.4 cm³/mol. The predicted octanol–water partition coefficient (Wildman–Crippen LogP) is 2.83. The van der Waals surface area contributed by atoms with Crippen molar-refractivity contribution in [2.24, 2.45) is 0 Å². The summed E-state index contributed by atoms with van der Waals surface area (Å²) in [5.74, 6) is -0.278. The second-order valence-electron chi connectivity index (χ2n) is 5.79. The zero-order valence-corrected chi connectivity index (χ0v) is 15.3. The number of amides is 1. The standard InChI is InChI=1S/C16H23ClN2O3S/c1-4-11-8-9-13(17)12(5-2)15(11)18-16(20)14-7-6-10-19(14)23(3,21)22/h8-9,14H,4-7,10H2,1-3H3,(H,18,20). The van der Waals surface area contributed by atoms with Gasteiger partial charge in [0.15, 0.2) is 0 Å². The number of rotatable bonds is 5. The molecular weight excluding hydrogens is 336 g/mol. The SMILES string of the molecule is CCc1ccc(Cl)c(CC)c1NC(=O)C1CCCN1S(C)(=O)=O. The number of hydrogen-bond acceptors (Lipinski definition) is 3. The van der Waals surface area contributed by atoms with Crippen LogP contribution in [0.1, 0.15) is 37.8 Å². The molecule has 0 spiro atoms. The van der Waals surface area contributed by atoms with Gasteiger partial charge in [-0.25, -0.2) is 8.42 Å². The minimum Gasteiger partial charge on any atom is -0.324 e. The lowest BCUT2D eigenvalue weighted by molar-refractivity contribution is -0.119. The minimum absolute atomic E-state index is 0.278. The maximum atomic E-state index is 12.7. The molecule has 7 heteroatoms. The molecule has 23 heavy (non-hydrogen) atoms. The number of carbonyl (C=O) groups is 1. The van der Waals surface area contributed by atoms with Crippen molar-refractivity contribution in [1.29, 1.82) is 0 Å². The molecular formula is C16H23ClN2O3S. The van der Waals surface area contributed by atoms with Crippen molar-refractivity contribution in [3.63, 3.8) is 0 Å². The molecule has 1 unspecified atom stereocenters. The number of halogens is 1. The van der Waals surface area contributed by atoms with Crippen LogP contribution in [-0.4, -0.2) is 37.5 Å². The number of anilines is 1. The number of aryl methyl sites for hydroxylation is 1. The summed E-state index contributed by atoms with van der Waals surface area (Å²) in [6, 6.07) is 3.10. The van der Waals surface area contributed by atoms with Crippen LogP contribution in [0.2, 0.25) is 5.02 Å². The monoisotopic (exact) mass is 358 g/mol. The molecule has 0 radical (unpaired) electrons. The molecule has 1 fully saturated rings. The summed E-state index contributed by atoms with van der Waals surface area (Å²) in [5, 5.41) is 3.55. The van der Waals surface area contributed by atoms with E-state index in [4.69, 9.17) is 11.6 Å². The summed E-state index contributed by atoms with van der Waals surface area (Å²) in [5.41, 5.74) is 2.62. The van der Waals surface area contributed by atoms with Crippen LogP contribution in [0.3, 0.4) is 0 Å². The van der Waals surface area contributed by atoms with E-state index in [0.29, 0.717) is 30.8 Å². The van der Waals surface area contributed by atoms with Crippen molar-refractivity contribution in [2.45, 2.75) is 45.6 Å². The number of nitrogens with zero attached hydrogens (tertiary/aromatic N) is 1. The van der Waals surface area contributed by atoms with Gasteiger partial charge in [0.05, 0.1) is 6.26 Å². The number of hydrogen-bond donors (Lipinski definition) is 1. The number of benzene rings is 1. The number of carbonyl (C=O) groups excluding carboxylic acids is 1. The highest BCUT2D eigenvalue weighted by molar-refractivity contribution is 7.88. The van der Waals surface area contributed by atoms with E-state index in [1.54, 1.807) is 0 Å². The largest absolute Gasteiger partial charge is 0.324 e. The van der Waals surface area contributed by atoms with Crippen LogP contribution in [0.25, 0.3) is 0 Å². The number of nitrogens with one attached hydrogen (secondary N) is 1. The van der Waals surface area contributed by atoms with Gasteiger partial charge in [-0.3, -0.25) is 4.79 Å².